The van der Waals surface area contributed by atoms with Gasteiger partial charge in [-0.3, -0.25) is 0 Å². The Morgan fingerprint density at radius 3 is 2.71 bits per heavy atom. The standard InChI is InChI=1S/C16H22N4O/c1-13(16-17-6-7-18-16)19-12-14-2-4-15(5-3-14)20-8-10-21-11-9-20/h2-7,13,19H,8-12H2,1H3,(H,17,18). The Labute approximate surface area is 125 Å². The summed E-state index contributed by atoms with van der Waals surface area (Å²) >= 11 is 0. The zero-order valence-electron chi connectivity index (χ0n) is 12.4. The summed E-state index contributed by atoms with van der Waals surface area (Å²) in [5.74, 6) is 0.972. The van der Waals surface area contributed by atoms with Gasteiger partial charge in [0.15, 0.2) is 0 Å². The van der Waals surface area contributed by atoms with E-state index in [9.17, 15) is 0 Å². The third-order valence-electron chi connectivity index (χ3n) is 3.85. The normalized spacial score (nSPS) is 16.9. The van der Waals surface area contributed by atoms with E-state index in [2.05, 4.69) is 51.4 Å². The number of hydrogen-bond donors (Lipinski definition) is 2. The van der Waals surface area contributed by atoms with E-state index >= 15 is 0 Å². The quantitative estimate of drug-likeness (QED) is 0.884. The highest BCUT2D eigenvalue weighted by Gasteiger charge is 2.11. The number of nitrogens with one attached hydrogen (secondary N) is 2. The van der Waals surface area contributed by atoms with Gasteiger partial charge in [-0.2, -0.15) is 0 Å². The molecule has 0 saturated carbocycles. The first-order valence-electron chi connectivity index (χ1n) is 7.47. The van der Waals surface area contributed by atoms with Crippen LogP contribution < -0.4 is 10.2 Å². The van der Waals surface area contributed by atoms with Crippen molar-refractivity contribution in [2.75, 3.05) is 31.2 Å². The number of aromatic nitrogens is 2. The van der Waals surface area contributed by atoms with E-state index in [1.807, 2.05) is 6.20 Å². The molecule has 5 heteroatoms. The van der Waals surface area contributed by atoms with Crippen molar-refractivity contribution in [3.8, 4) is 0 Å². The van der Waals surface area contributed by atoms with Crippen LogP contribution in [0.4, 0.5) is 5.69 Å². The number of morpholine rings is 1. The monoisotopic (exact) mass is 286 g/mol. The van der Waals surface area contributed by atoms with Gasteiger partial charge >= 0.3 is 0 Å². The second-order valence-electron chi connectivity index (χ2n) is 5.34. The second kappa shape index (κ2) is 6.74. The first kappa shape index (κ1) is 14.1. The lowest BCUT2D eigenvalue weighted by Gasteiger charge is -2.29. The Hall–Kier alpha value is -1.85. The summed E-state index contributed by atoms with van der Waals surface area (Å²) in [6, 6.07) is 8.98. The molecule has 1 aliphatic heterocycles. The Morgan fingerprint density at radius 1 is 1.29 bits per heavy atom. The molecule has 21 heavy (non-hydrogen) atoms. The summed E-state index contributed by atoms with van der Waals surface area (Å²) in [6.45, 7) is 6.56. The van der Waals surface area contributed by atoms with Crippen LogP contribution in [0.2, 0.25) is 0 Å². The van der Waals surface area contributed by atoms with Gasteiger partial charge in [0.1, 0.15) is 5.82 Å². The average Bonchev–Trinajstić information content (AvgIpc) is 3.08. The molecule has 2 aromatic rings. The first-order chi connectivity index (χ1) is 10.3. The first-order valence-corrected chi connectivity index (χ1v) is 7.47. The largest absolute Gasteiger partial charge is 0.378 e. The average molecular weight is 286 g/mol. The number of rotatable bonds is 5. The molecule has 1 unspecified atom stereocenters. The van der Waals surface area contributed by atoms with Crippen LogP contribution in [0.5, 0.6) is 0 Å². The van der Waals surface area contributed by atoms with Crippen molar-refractivity contribution in [3.05, 3.63) is 48.0 Å². The van der Waals surface area contributed by atoms with Gasteiger partial charge in [-0.25, -0.2) is 4.98 Å². The van der Waals surface area contributed by atoms with Crippen molar-refractivity contribution in [2.24, 2.45) is 0 Å². The molecule has 1 saturated heterocycles. The molecule has 0 amide bonds. The number of nitrogens with zero attached hydrogens (tertiary/aromatic N) is 2. The van der Waals surface area contributed by atoms with Crippen molar-refractivity contribution in [1.82, 2.24) is 15.3 Å². The lowest BCUT2D eigenvalue weighted by molar-refractivity contribution is 0.122. The fourth-order valence-electron chi connectivity index (χ4n) is 2.53. The van der Waals surface area contributed by atoms with Gasteiger partial charge in [-0.15, -0.1) is 0 Å². The Bertz CT molecular complexity index is 532. The molecule has 0 spiro atoms. The number of ether oxygens (including phenoxy) is 1. The highest BCUT2D eigenvalue weighted by molar-refractivity contribution is 5.47. The summed E-state index contributed by atoms with van der Waals surface area (Å²) in [5.41, 5.74) is 2.56. The second-order valence-corrected chi connectivity index (χ2v) is 5.34. The maximum Gasteiger partial charge on any atom is 0.122 e. The molecule has 2 heterocycles. The molecule has 1 aromatic carbocycles. The van der Waals surface area contributed by atoms with Crippen molar-refractivity contribution in [1.29, 1.82) is 0 Å². The highest BCUT2D eigenvalue weighted by atomic mass is 16.5. The molecule has 1 atom stereocenters. The van der Waals surface area contributed by atoms with E-state index in [1.165, 1.54) is 11.3 Å². The van der Waals surface area contributed by atoms with Crippen LogP contribution >= 0.6 is 0 Å². The summed E-state index contributed by atoms with van der Waals surface area (Å²) < 4.78 is 5.38. The van der Waals surface area contributed by atoms with Crippen molar-refractivity contribution in [2.45, 2.75) is 19.5 Å². The molecular formula is C16H22N4O. The molecule has 112 valence electrons. The van der Waals surface area contributed by atoms with E-state index in [0.717, 1.165) is 38.7 Å². The summed E-state index contributed by atoms with van der Waals surface area (Å²) in [5, 5.41) is 3.47. The van der Waals surface area contributed by atoms with E-state index in [1.54, 1.807) is 6.20 Å². The maximum atomic E-state index is 5.38. The Morgan fingerprint density at radius 2 is 2.05 bits per heavy atom. The molecule has 1 aromatic heterocycles. The van der Waals surface area contributed by atoms with Gasteiger partial charge in [-0.1, -0.05) is 12.1 Å². The predicted molar refractivity (Wildman–Crippen MR) is 83.3 cm³/mol. The van der Waals surface area contributed by atoms with Gasteiger partial charge in [0.05, 0.1) is 19.3 Å². The van der Waals surface area contributed by atoms with Gasteiger partial charge in [-0.05, 0) is 24.6 Å². The fourth-order valence-corrected chi connectivity index (χ4v) is 2.53. The highest BCUT2D eigenvalue weighted by Crippen LogP contribution is 2.17. The molecule has 0 bridgehead atoms. The third-order valence-corrected chi connectivity index (χ3v) is 3.85. The molecular weight excluding hydrogens is 264 g/mol. The predicted octanol–water partition coefficient (Wildman–Crippen LogP) is 2.10. The molecule has 5 nitrogen and oxygen atoms in total. The molecule has 2 N–H and O–H groups in total. The third kappa shape index (κ3) is 3.62. The Kier molecular flexibility index (Phi) is 4.52. The number of hydrogen-bond acceptors (Lipinski definition) is 4. The van der Waals surface area contributed by atoms with Crippen LogP contribution in [0.1, 0.15) is 24.4 Å². The topological polar surface area (TPSA) is 53.2 Å². The van der Waals surface area contributed by atoms with Crippen LogP contribution in [0, 0.1) is 0 Å². The number of benzene rings is 1. The van der Waals surface area contributed by atoms with Crippen molar-refractivity contribution < 1.29 is 4.74 Å². The van der Waals surface area contributed by atoms with Crippen LogP contribution in [0.15, 0.2) is 36.7 Å². The van der Waals surface area contributed by atoms with Crippen molar-refractivity contribution >= 4 is 5.69 Å². The minimum atomic E-state index is 0.221. The maximum absolute atomic E-state index is 5.38. The minimum absolute atomic E-state index is 0.221. The zero-order chi connectivity index (χ0) is 14.5. The van der Waals surface area contributed by atoms with Gasteiger partial charge in [0.25, 0.3) is 0 Å². The van der Waals surface area contributed by atoms with Crippen LogP contribution in [0.3, 0.4) is 0 Å². The van der Waals surface area contributed by atoms with E-state index in [4.69, 9.17) is 4.74 Å². The minimum Gasteiger partial charge on any atom is -0.378 e. The molecule has 3 rings (SSSR count). The van der Waals surface area contributed by atoms with E-state index < -0.39 is 0 Å². The number of H-pyrrole nitrogens is 1. The molecule has 1 aliphatic rings. The molecule has 1 fully saturated rings. The summed E-state index contributed by atoms with van der Waals surface area (Å²) in [7, 11) is 0. The van der Waals surface area contributed by atoms with Crippen LogP contribution in [-0.4, -0.2) is 36.3 Å². The lowest BCUT2D eigenvalue weighted by atomic mass is 10.1. The van der Waals surface area contributed by atoms with Gasteiger partial charge < -0.3 is 19.9 Å². The zero-order valence-corrected chi connectivity index (χ0v) is 12.4. The summed E-state index contributed by atoms with van der Waals surface area (Å²) in [6.07, 6.45) is 3.63. The van der Waals surface area contributed by atoms with Crippen molar-refractivity contribution in [3.63, 3.8) is 0 Å². The smallest absolute Gasteiger partial charge is 0.122 e. The molecule has 0 radical (unpaired) electrons. The fraction of sp³-hybridized carbons (Fsp3) is 0.438. The summed E-state index contributed by atoms with van der Waals surface area (Å²) in [4.78, 5) is 9.77. The van der Waals surface area contributed by atoms with Crippen LogP contribution in [-0.2, 0) is 11.3 Å². The van der Waals surface area contributed by atoms with E-state index in [-0.39, 0.29) is 6.04 Å². The van der Waals surface area contributed by atoms with E-state index in [0.29, 0.717) is 0 Å². The Balaban J connectivity index is 1.54. The van der Waals surface area contributed by atoms with Crippen LogP contribution in [0.25, 0.3) is 0 Å². The number of anilines is 1. The SMILES string of the molecule is CC(NCc1ccc(N2CCOCC2)cc1)c1ncc[nH]1. The lowest BCUT2D eigenvalue weighted by Crippen LogP contribution is -2.36. The van der Waals surface area contributed by atoms with Gasteiger partial charge in [0, 0.05) is 37.7 Å². The number of aromatic amines is 1. The van der Waals surface area contributed by atoms with Gasteiger partial charge in [0.2, 0.25) is 0 Å². The number of imidazole rings is 1. The molecule has 0 aliphatic carbocycles.